The Bertz CT molecular complexity index is 483. The molecule has 0 heterocycles. The highest BCUT2D eigenvalue weighted by molar-refractivity contribution is 7.80. The van der Waals surface area contributed by atoms with Crippen LogP contribution in [0.4, 0.5) is 0 Å². The molecular weight excluding hydrogens is 292 g/mol. The molecule has 0 radical (unpaired) electrons. The molecule has 20 heavy (non-hydrogen) atoms. The van der Waals surface area contributed by atoms with Gasteiger partial charge in [-0.05, 0) is 41.6 Å². The van der Waals surface area contributed by atoms with Gasteiger partial charge in [-0.2, -0.15) is 10.2 Å². The first-order valence-corrected chi connectivity index (χ1v) is 6.59. The molecule has 106 valence electrons. The highest BCUT2D eigenvalue weighted by atomic mass is 32.1. The van der Waals surface area contributed by atoms with Crippen LogP contribution in [-0.4, -0.2) is 36.7 Å². The number of nitrogens with one attached hydrogen (secondary N) is 4. The van der Waals surface area contributed by atoms with Crippen molar-refractivity contribution in [2.75, 3.05) is 14.1 Å². The van der Waals surface area contributed by atoms with Gasteiger partial charge in [-0.1, -0.05) is 18.2 Å². The normalized spacial score (nSPS) is 10.5. The SMILES string of the molecule is CNC(=S)NN=Cc1cccc(C=NNC(=S)NC)c1. The Labute approximate surface area is 128 Å². The Morgan fingerprint density at radius 2 is 1.40 bits per heavy atom. The lowest BCUT2D eigenvalue weighted by Crippen LogP contribution is -2.28. The van der Waals surface area contributed by atoms with E-state index in [2.05, 4.69) is 31.7 Å². The second-order valence-electron chi connectivity index (χ2n) is 3.57. The van der Waals surface area contributed by atoms with Gasteiger partial charge in [0.2, 0.25) is 0 Å². The van der Waals surface area contributed by atoms with Crippen LogP contribution in [0.1, 0.15) is 11.1 Å². The van der Waals surface area contributed by atoms with Crippen LogP contribution in [0.5, 0.6) is 0 Å². The van der Waals surface area contributed by atoms with Crippen molar-refractivity contribution in [2.24, 2.45) is 10.2 Å². The van der Waals surface area contributed by atoms with Crippen LogP contribution in [-0.2, 0) is 0 Å². The van der Waals surface area contributed by atoms with Crippen molar-refractivity contribution >= 4 is 47.1 Å². The molecule has 0 aromatic heterocycles. The fourth-order valence-electron chi connectivity index (χ4n) is 1.16. The Hall–Kier alpha value is -2.06. The predicted molar refractivity (Wildman–Crippen MR) is 91.2 cm³/mol. The van der Waals surface area contributed by atoms with Gasteiger partial charge in [0, 0.05) is 14.1 Å². The van der Waals surface area contributed by atoms with Gasteiger partial charge >= 0.3 is 0 Å². The van der Waals surface area contributed by atoms with Gasteiger partial charge in [0.15, 0.2) is 10.2 Å². The van der Waals surface area contributed by atoms with E-state index in [1.165, 1.54) is 0 Å². The second kappa shape index (κ2) is 8.94. The number of hydrogen-bond acceptors (Lipinski definition) is 4. The first-order valence-electron chi connectivity index (χ1n) is 5.77. The fraction of sp³-hybridized carbons (Fsp3) is 0.167. The highest BCUT2D eigenvalue weighted by Gasteiger charge is 1.92. The van der Waals surface area contributed by atoms with E-state index in [0.29, 0.717) is 10.2 Å². The van der Waals surface area contributed by atoms with Crippen molar-refractivity contribution in [1.29, 1.82) is 0 Å². The molecule has 0 aliphatic heterocycles. The molecule has 1 rings (SSSR count). The number of thiocarbonyl (C=S) groups is 2. The van der Waals surface area contributed by atoms with Gasteiger partial charge in [-0.25, -0.2) is 0 Å². The standard InChI is InChI=1S/C12H16N6S2/c1-13-11(19)17-15-7-9-4-3-5-10(6-9)8-16-18-12(20)14-2/h3-8H,1-2H3,(H2,13,17,19)(H2,14,18,20). The van der Waals surface area contributed by atoms with E-state index in [1.807, 2.05) is 24.3 Å². The summed E-state index contributed by atoms with van der Waals surface area (Å²) in [5.74, 6) is 0. The van der Waals surface area contributed by atoms with Crippen molar-refractivity contribution in [3.05, 3.63) is 35.4 Å². The maximum Gasteiger partial charge on any atom is 0.186 e. The number of hydrazone groups is 2. The second-order valence-corrected chi connectivity index (χ2v) is 4.38. The number of nitrogens with zero attached hydrogens (tertiary/aromatic N) is 2. The van der Waals surface area contributed by atoms with Gasteiger partial charge in [0.05, 0.1) is 12.4 Å². The molecule has 1 aromatic rings. The molecule has 8 heteroatoms. The summed E-state index contributed by atoms with van der Waals surface area (Å²) >= 11 is 9.81. The Morgan fingerprint density at radius 3 is 1.80 bits per heavy atom. The molecule has 0 spiro atoms. The van der Waals surface area contributed by atoms with Crippen LogP contribution in [0.15, 0.2) is 34.5 Å². The summed E-state index contributed by atoms with van der Waals surface area (Å²) in [6, 6.07) is 7.70. The van der Waals surface area contributed by atoms with Gasteiger partial charge in [0.1, 0.15) is 0 Å². The van der Waals surface area contributed by atoms with Crippen LogP contribution in [0, 0.1) is 0 Å². The molecule has 0 aliphatic carbocycles. The lowest BCUT2D eigenvalue weighted by Gasteiger charge is -2.01. The van der Waals surface area contributed by atoms with Crippen molar-refractivity contribution in [3.8, 4) is 0 Å². The van der Waals surface area contributed by atoms with E-state index < -0.39 is 0 Å². The molecule has 0 aliphatic rings. The van der Waals surface area contributed by atoms with Crippen LogP contribution >= 0.6 is 24.4 Å². The molecule has 1 aromatic carbocycles. The number of hydrogen-bond donors (Lipinski definition) is 4. The monoisotopic (exact) mass is 308 g/mol. The van der Waals surface area contributed by atoms with E-state index in [9.17, 15) is 0 Å². The van der Waals surface area contributed by atoms with Gasteiger partial charge in [0.25, 0.3) is 0 Å². The topological polar surface area (TPSA) is 72.8 Å². The molecule has 4 N–H and O–H groups in total. The molecule has 6 nitrogen and oxygen atoms in total. The van der Waals surface area contributed by atoms with Crippen molar-refractivity contribution < 1.29 is 0 Å². The van der Waals surface area contributed by atoms with Crippen molar-refractivity contribution in [3.63, 3.8) is 0 Å². The Balaban J connectivity index is 2.61. The van der Waals surface area contributed by atoms with Crippen LogP contribution in [0.25, 0.3) is 0 Å². The quantitative estimate of drug-likeness (QED) is 0.370. The van der Waals surface area contributed by atoms with Crippen LogP contribution < -0.4 is 21.5 Å². The molecule has 0 atom stereocenters. The average molecular weight is 308 g/mol. The van der Waals surface area contributed by atoms with Gasteiger partial charge in [-0.3, -0.25) is 10.9 Å². The summed E-state index contributed by atoms with van der Waals surface area (Å²) in [6.45, 7) is 0. The summed E-state index contributed by atoms with van der Waals surface area (Å²) < 4.78 is 0. The highest BCUT2D eigenvalue weighted by Crippen LogP contribution is 2.00. The minimum Gasteiger partial charge on any atom is -0.364 e. The molecule has 0 bridgehead atoms. The molecular formula is C12H16N6S2. The summed E-state index contributed by atoms with van der Waals surface area (Å²) in [4.78, 5) is 0. The maximum atomic E-state index is 4.91. The third-order valence-electron chi connectivity index (χ3n) is 2.12. The predicted octanol–water partition coefficient (Wildman–Crippen LogP) is 0.542. The zero-order valence-corrected chi connectivity index (χ0v) is 12.8. The Kier molecular flexibility index (Phi) is 7.15. The largest absolute Gasteiger partial charge is 0.364 e. The molecule has 0 unspecified atom stereocenters. The zero-order valence-electron chi connectivity index (χ0n) is 11.2. The van der Waals surface area contributed by atoms with E-state index in [1.54, 1.807) is 26.5 Å². The van der Waals surface area contributed by atoms with E-state index in [0.717, 1.165) is 11.1 Å². The lowest BCUT2D eigenvalue weighted by atomic mass is 10.1. The first kappa shape index (κ1) is 16.0. The van der Waals surface area contributed by atoms with Crippen LogP contribution in [0.2, 0.25) is 0 Å². The molecule has 0 fully saturated rings. The van der Waals surface area contributed by atoms with Crippen molar-refractivity contribution in [1.82, 2.24) is 21.5 Å². The Morgan fingerprint density at radius 1 is 0.950 bits per heavy atom. The summed E-state index contributed by atoms with van der Waals surface area (Å²) in [7, 11) is 3.45. The van der Waals surface area contributed by atoms with Gasteiger partial charge < -0.3 is 10.6 Å². The van der Waals surface area contributed by atoms with Crippen LogP contribution in [0.3, 0.4) is 0 Å². The third kappa shape index (κ3) is 6.21. The zero-order chi connectivity index (χ0) is 14.8. The summed E-state index contributed by atoms with van der Waals surface area (Å²) in [6.07, 6.45) is 3.35. The van der Waals surface area contributed by atoms with E-state index >= 15 is 0 Å². The minimum atomic E-state index is 0.462. The van der Waals surface area contributed by atoms with E-state index in [4.69, 9.17) is 24.4 Å². The van der Waals surface area contributed by atoms with Crippen molar-refractivity contribution in [2.45, 2.75) is 0 Å². The molecule has 0 saturated carbocycles. The smallest absolute Gasteiger partial charge is 0.186 e. The fourth-order valence-corrected chi connectivity index (χ4v) is 1.27. The minimum absolute atomic E-state index is 0.462. The maximum absolute atomic E-state index is 4.91. The third-order valence-corrected chi connectivity index (χ3v) is 2.72. The lowest BCUT2D eigenvalue weighted by molar-refractivity contribution is 0.981. The van der Waals surface area contributed by atoms with E-state index in [-0.39, 0.29) is 0 Å². The molecule has 0 saturated heterocycles. The van der Waals surface area contributed by atoms with Gasteiger partial charge in [-0.15, -0.1) is 0 Å². The number of benzene rings is 1. The number of rotatable bonds is 4. The first-order chi connectivity index (χ1) is 9.65. The summed E-state index contributed by atoms with van der Waals surface area (Å²) in [5, 5.41) is 14.5. The average Bonchev–Trinajstić information content (AvgIpc) is 2.47. The molecule has 0 amide bonds. The summed E-state index contributed by atoms with van der Waals surface area (Å²) in [5.41, 5.74) is 7.22.